The zero-order valence-electron chi connectivity index (χ0n) is 13.3. The molecule has 23 heavy (non-hydrogen) atoms. The van der Waals surface area contributed by atoms with Gasteiger partial charge in [0, 0.05) is 41.8 Å². The molecule has 0 saturated heterocycles. The average molecular weight is 382 g/mol. The van der Waals surface area contributed by atoms with Crippen molar-refractivity contribution in [1.82, 2.24) is 9.21 Å². The lowest BCUT2D eigenvalue weighted by molar-refractivity contribution is -0.116. The zero-order valence-corrected chi connectivity index (χ0v) is 15.7. The van der Waals surface area contributed by atoms with Gasteiger partial charge in [-0.15, -0.1) is 0 Å². The second-order valence-electron chi connectivity index (χ2n) is 5.42. The minimum absolute atomic E-state index is 0.0463. The summed E-state index contributed by atoms with van der Waals surface area (Å²) in [6.45, 7) is 1.04. The summed E-state index contributed by atoms with van der Waals surface area (Å²) in [6, 6.07) is 4.71. The number of carbonyl (C=O) groups excluding carboxylic acids is 1. The van der Waals surface area contributed by atoms with Crippen LogP contribution in [0.3, 0.4) is 0 Å². The number of hydrogen-bond acceptors (Lipinski definition) is 4. The number of nitrogens with zero attached hydrogens (tertiary/aromatic N) is 2. The number of anilines is 1. The van der Waals surface area contributed by atoms with Gasteiger partial charge in [0.25, 0.3) is 0 Å². The molecule has 0 spiro atoms. The zero-order chi connectivity index (χ0) is 17.6. The van der Waals surface area contributed by atoms with Gasteiger partial charge in [0.1, 0.15) is 0 Å². The molecule has 0 aromatic heterocycles. The van der Waals surface area contributed by atoms with E-state index in [9.17, 15) is 13.2 Å². The number of nitrogens with one attached hydrogen (secondary N) is 1. The Balaban J connectivity index is 2.61. The van der Waals surface area contributed by atoms with E-state index < -0.39 is 10.0 Å². The fourth-order valence-electron chi connectivity index (χ4n) is 1.83. The number of carbonyl (C=O) groups is 1. The molecule has 130 valence electrons. The molecule has 6 nitrogen and oxygen atoms in total. The molecule has 1 aromatic carbocycles. The van der Waals surface area contributed by atoms with Gasteiger partial charge in [-0.3, -0.25) is 4.79 Å². The van der Waals surface area contributed by atoms with Crippen LogP contribution in [0.25, 0.3) is 0 Å². The van der Waals surface area contributed by atoms with E-state index >= 15 is 0 Å². The lowest BCUT2D eigenvalue weighted by Crippen LogP contribution is -2.37. The molecule has 0 aliphatic carbocycles. The minimum atomic E-state index is -3.36. The van der Waals surface area contributed by atoms with Gasteiger partial charge in [-0.05, 0) is 32.3 Å². The Hall–Kier alpha value is -0.860. The Kier molecular flexibility index (Phi) is 7.76. The molecule has 1 rings (SSSR count). The molecular formula is C14H21Cl2N3O3S. The first kappa shape index (κ1) is 20.2. The SMILES string of the molecule is CN(C)CCN(CCC(=O)Nc1cc(Cl)cc(Cl)c1)S(C)(=O)=O. The van der Waals surface area contributed by atoms with Gasteiger partial charge < -0.3 is 10.2 Å². The van der Waals surface area contributed by atoms with E-state index in [1.165, 1.54) is 4.31 Å². The molecule has 9 heteroatoms. The second kappa shape index (κ2) is 8.84. The van der Waals surface area contributed by atoms with Crippen LogP contribution in [0.4, 0.5) is 5.69 Å². The van der Waals surface area contributed by atoms with Gasteiger partial charge >= 0.3 is 0 Å². The summed E-state index contributed by atoms with van der Waals surface area (Å²) in [7, 11) is 0.356. The third-order valence-electron chi connectivity index (χ3n) is 3.00. The summed E-state index contributed by atoms with van der Waals surface area (Å²) < 4.78 is 24.8. The molecule has 0 aliphatic heterocycles. The van der Waals surface area contributed by atoms with Crippen LogP contribution in [0.5, 0.6) is 0 Å². The monoisotopic (exact) mass is 381 g/mol. The maximum Gasteiger partial charge on any atom is 0.225 e. The van der Waals surface area contributed by atoms with E-state index in [-0.39, 0.29) is 18.9 Å². The standard InChI is InChI=1S/C14H21Cl2N3O3S/c1-18(2)6-7-19(23(3,21)22)5-4-14(20)17-13-9-11(15)8-12(16)10-13/h8-10H,4-7H2,1-3H3,(H,17,20). The van der Waals surface area contributed by atoms with E-state index in [0.717, 1.165) is 6.26 Å². The number of benzene rings is 1. The van der Waals surface area contributed by atoms with Gasteiger partial charge in [0.05, 0.1) is 6.26 Å². The fraction of sp³-hybridized carbons (Fsp3) is 0.500. The molecule has 0 heterocycles. The minimum Gasteiger partial charge on any atom is -0.326 e. The summed E-state index contributed by atoms with van der Waals surface area (Å²) >= 11 is 11.7. The maximum atomic E-state index is 12.0. The number of sulfonamides is 1. The van der Waals surface area contributed by atoms with Crippen molar-refractivity contribution in [3.63, 3.8) is 0 Å². The van der Waals surface area contributed by atoms with Crippen molar-refractivity contribution >= 4 is 44.8 Å². The summed E-state index contributed by atoms with van der Waals surface area (Å²) in [4.78, 5) is 13.9. The van der Waals surface area contributed by atoms with Crippen LogP contribution in [0.1, 0.15) is 6.42 Å². The van der Waals surface area contributed by atoms with Crippen molar-refractivity contribution in [2.75, 3.05) is 45.3 Å². The molecule has 0 atom stereocenters. The maximum absolute atomic E-state index is 12.0. The summed E-state index contributed by atoms with van der Waals surface area (Å²) in [5.74, 6) is -0.304. The van der Waals surface area contributed by atoms with E-state index in [4.69, 9.17) is 23.2 Å². The Morgan fingerprint density at radius 2 is 1.65 bits per heavy atom. The predicted octanol–water partition coefficient (Wildman–Crippen LogP) is 2.15. The summed E-state index contributed by atoms with van der Waals surface area (Å²) in [5, 5.41) is 3.48. The van der Waals surface area contributed by atoms with Gasteiger partial charge in [0.15, 0.2) is 0 Å². The Morgan fingerprint density at radius 1 is 1.09 bits per heavy atom. The van der Waals surface area contributed by atoms with Gasteiger partial charge in [-0.2, -0.15) is 0 Å². The highest BCUT2D eigenvalue weighted by Gasteiger charge is 2.18. The molecule has 0 fully saturated rings. The molecule has 0 aliphatic rings. The third-order valence-corrected chi connectivity index (χ3v) is 4.74. The van der Waals surface area contributed by atoms with Crippen LogP contribution in [-0.2, 0) is 14.8 Å². The molecule has 1 amide bonds. The summed E-state index contributed by atoms with van der Waals surface area (Å²) in [5.41, 5.74) is 0.478. The van der Waals surface area contributed by atoms with E-state index in [1.807, 2.05) is 19.0 Å². The van der Waals surface area contributed by atoms with Crippen LogP contribution in [0.2, 0.25) is 10.0 Å². The van der Waals surface area contributed by atoms with Crippen LogP contribution in [0, 0.1) is 0 Å². The highest BCUT2D eigenvalue weighted by atomic mass is 35.5. The molecule has 1 aromatic rings. The molecule has 0 saturated carbocycles. The number of halogens is 2. The van der Waals surface area contributed by atoms with E-state index in [1.54, 1.807) is 18.2 Å². The lowest BCUT2D eigenvalue weighted by Gasteiger charge is -2.21. The van der Waals surface area contributed by atoms with Gasteiger partial charge in [-0.25, -0.2) is 12.7 Å². The van der Waals surface area contributed by atoms with Gasteiger partial charge in [-0.1, -0.05) is 23.2 Å². The number of likely N-dealkylation sites (N-methyl/N-ethyl adjacent to an activating group) is 1. The molecule has 0 unspecified atom stereocenters. The Labute approximate surface area is 147 Å². The Morgan fingerprint density at radius 3 is 2.13 bits per heavy atom. The lowest BCUT2D eigenvalue weighted by atomic mass is 10.3. The summed E-state index contributed by atoms with van der Waals surface area (Å²) in [6.07, 6.45) is 1.18. The molecule has 0 radical (unpaired) electrons. The third kappa shape index (κ3) is 7.99. The van der Waals surface area contributed by atoms with Crippen molar-refractivity contribution in [2.45, 2.75) is 6.42 Å². The van der Waals surface area contributed by atoms with Gasteiger partial charge in [0.2, 0.25) is 15.9 Å². The largest absolute Gasteiger partial charge is 0.326 e. The number of amides is 1. The van der Waals surface area contributed by atoms with Crippen molar-refractivity contribution in [3.8, 4) is 0 Å². The van der Waals surface area contributed by atoms with Crippen LogP contribution < -0.4 is 5.32 Å². The average Bonchev–Trinajstić information content (AvgIpc) is 2.35. The quantitative estimate of drug-likeness (QED) is 0.748. The molecule has 1 N–H and O–H groups in total. The van der Waals surface area contributed by atoms with Crippen molar-refractivity contribution in [2.24, 2.45) is 0 Å². The predicted molar refractivity (Wildman–Crippen MR) is 94.7 cm³/mol. The first-order valence-electron chi connectivity index (χ1n) is 6.93. The van der Waals surface area contributed by atoms with Crippen LogP contribution >= 0.6 is 23.2 Å². The van der Waals surface area contributed by atoms with Crippen molar-refractivity contribution < 1.29 is 13.2 Å². The fourth-order valence-corrected chi connectivity index (χ4v) is 3.19. The van der Waals surface area contributed by atoms with Crippen LogP contribution in [0.15, 0.2) is 18.2 Å². The highest BCUT2D eigenvalue weighted by molar-refractivity contribution is 7.88. The Bertz CT molecular complexity index is 630. The van der Waals surface area contributed by atoms with Crippen LogP contribution in [-0.4, -0.2) is 63.5 Å². The smallest absolute Gasteiger partial charge is 0.225 e. The van der Waals surface area contributed by atoms with E-state index in [0.29, 0.717) is 28.8 Å². The van der Waals surface area contributed by atoms with E-state index in [2.05, 4.69) is 5.32 Å². The van der Waals surface area contributed by atoms with Crippen molar-refractivity contribution in [3.05, 3.63) is 28.2 Å². The number of rotatable bonds is 8. The highest BCUT2D eigenvalue weighted by Crippen LogP contribution is 2.22. The normalized spacial score (nSPS) is 12.0. The molecule has 0 bridgehead atoms. The topological polar surface area (TPSA) is 69.7 Å². The second-order valence-corrected chi connectivity index (χ2v) is 8.28. The van der Waals surface area contributed by atoms with Crippen molar-refractivity contribution in [1.29, 1.82) is 0 Å². The first-order chi connectivity index (χ1) is 10.6. The first-order valence-corrected chi connectivity index (χ1v) is 9.54. The number of hydrogen-bond donors (Lipinski definition) is 1. The molecular weight excluding hydrogens is 361 g/mol.